The molecular weight excluding hydrogens is 220 g/mol. The van der Waals surface area contributed by atoms with Gasteiger partial charge < -0.3 is 14.6 Å². The maximum Gasteiger partial charge on any atom is 0.112 e. The molecule has 0 amide bonds. The molecule has 0 aliphatic heterocycles. The summed E-state index contributed by atoms with van der Waals surface area (Å²) in [7, 11) is 0. The summed E-state index contributed by atoms with van der Waals surface area (Å²) < 4.78 is 10.8. The monoisotopic (exact) mass is 240 g/mol. The van der Waals surface area contributed by atoms with Crippen molar-refractivity contribution in [1.29, 1.82) is 0 Å². The van der Waals surface area contributed by atoms with Crippen molar-refractivity contribution in [3.05, 3.63) is 0 Å². The van der Waals surface area contributed by atoms with E-state index in [1.165, 1.54) is 0 Å². The number of hydrogen-bond donors (Lipinski definition) is 1. The normalized spacial score (nSPS) is 13.1. The van der Waals surface area contributed by atoms with Crippen molar-refractivity contribution < 1.29 is 14.6 Å². The van der Waals surface area contributed by atoms with E-state index in [1.807, 2.05) is 6.26 Å². The number of aliphatic hydroxyl groups excluding tert-OH is 1. The second kappa shape index (κ2) is 11.7. The van der Waals surface area contributed by atoms with Crippen LogP contribution in [0.3, 0.4) is 0 Å². The molecular formula is C9H20O3S2. The molecule has 1 unspecified atom stereocenters. The molecule has 0 saturated carbocycles. The lowest BCUT2D eigenvalue weighted by Crippen LogP contribution is -2.15. The predicted molar refractivity (Wildman–Crippen MR) is 64.2 cm³/mol. The number of rotatable bonds is 10. The van der Waals surface area contributed by atoms with E-state index in [-0.39, 0.29) is 12.0 Å². The molecule has 0 heterocycles. The molecule has 1 N–H and O–H groups in total. The molecule has 0 saturated heterocycles. The zero-order valence-electron chi connectivity index (χ0n) is 8.90. The van der Waals surface area contributed by atoms with Crippen LogP contribution < -0.4 is 0 Å². The van der Waals surface area contributed by atoms with E-state index in [9.17, 15) is 0 Å². The van der Waals surface area contributed by atoms with Crippen LogP contribution in [-0.4, -0.2) is 55.2 Å². The van der Waals surface area contributed by atoms with Gasteiger partial charge in [0.05, 0.1) is 13.2 Å². The van der Waals surface area contributed by atoms with Gasteiger partial charge in [-0.05, 0) is 18.9 Å². The van der Waals surface area contributed by atoms with Crippen molar-refractivity contribution in [2.75, 3.05) is 44.7 Å². The largest absolute Gasteiger partial charge is 0.396 e. The van der Waals surface area contributed by atoms with Crippen molar-refractivity contribution in [3.63, 3.8) is 0 Å². The average molecular weight is 240 g/mol. The third-order valence-electron chi connectivity index (χ3n) is 1.54. The Morgan fingerprint density at radius 2 is 2.00 bits per heavy atom. The fourth-order valence-corrected chi connectivity index (χ4v) is 2.38. The molecule has 0 bridgehead atoms. The van der Waals surface area contributed by atoms with E-state index in [4.69, 9.17) is 14.6 Å². The summed E-state index contributed by atoms with van der Waals surface area (Å²) in [6.45, 7) is 2.07. The van der Waals surface area contributed by atoms with Crippen LogP contribution in [0.5, 0.6) is 0 Å². The summed E-state index contributed by atoms with van der Waals surface area (Å²) >= 11 is 3.51. The maximum atomic E-state index is 8.50. The summed E-state index contributed by atoms with van der Waals surface area (Å²) in [5.74, 6) is 1.01. The van der Waals surface area contributed by atoms with Gasteiger partial charge in [-0.15, -0.1) is 11.8 Å². The highest BCUT2D eigenvalue weighted by atomic mass is 32.2. The van der Waals surface area contributed by atoms with Gasteiger partial charge in [-0.3, -0.25) is 0 Å². The molecule has 0 radical (unpaired) electrons. The average Bonchev–Trinajstić information content (AvgIpc) is 2.21. The van der Waals surface area contributed by atoms with Crippen LogP contribution in [0.25, 0.3) is 0 Å². The lowest BCUT2D eigenvalue weighted by molar-refractivity contribution is 0.0390. The van der Waals surface area contributed by atoms with E-state index in [0.29, 0.717) is 26.2 Å². The Balaban J connectivity index is 3.15. The van der Waals surface area contributed by atoms with E-state index >= 15 is 0 Å². The standard InChI is InChI=1S/C9H20O3S2/c1-13-8-9(14-2)12-7-6-11-5-3-4-10/h9-10H,3-8H2,1-2H3. The topological polar surface area (TPSA) is 38.7 Å². The third kappa shape index (κ3) is 9.15. The molecule has 0 aromatic heterocycles. The summed E-state index contributed by atoms with van der Waals surface area (Å²) in [6, 6.07) is 0. The maximum absolute atomic E-state index is 8.50. The molecule has 0 spiro atoms. The van der Waals surface area contributed by atoms with Crippen molar-refractivity contribution in [2.24, 2.45) is 0 Å². The van der Waals surface area contributed by atoms with Gasteiger partial charge in [0.1, 0.15) is 5.44 Å². The minimum atomic E-state index is 0.195. The molecule has 0 aromatic rings. The van der Waals surface area contributed by atoms with Crippen LogP contribution in [0.4, 0.5) is 0 Å². The molecule has 0 aromatic carbocycles. The molecule has 0 fully saturated rings. The second-order valence-electron chi connectivity index (χ2n) is 2.68. The lowest BCUT2D eigenvalue weighted by atomic mass is 10.5. The first-order valence-corrected chi connectivity index (χ1v) is 7.35. The fourth-order valence-electron chi connectivity index (χ4n) is 0.827. The van der Waals surface area contributed by atoms with Gasteiger partial charge in [0.25, 0.3) is 0 Å². The SMILES string of the molecule is CSCC(OCCOCCCO)SC. The lowest BCUT2D eigenvalue weighted by Gasteiger charge is -2.14. The first-order valence-electron chi connectivity index (χ1n) is 4.67. The first-order chi connectivity index (χ1) is 6.85. The number of aliphatic hydroxyl groups is 1. The highest BCUT2D eigenvalue weighted by Gasteiger charge is 2.04. The van der Waals surface area contributed by atoms with Gasteiger partial charge in [0, 0.05) is 19.0 Å². The summed E-state index contributed by atoms with van der Waals surface area (Å²) in [5.41, 5.74) is 0.270. The van der Waals surface area contributed by atoms with Crippen LogP contribution >= 0.6 is 23.5 Å². The number of hydrogen-bond acceptors (Lipinski definition) is 5. The van der Waals surface area contributed by atoms with Gasteiger partial charge in [0.15, 0.2) is 0 Å². The third-order valence-corrected chi connectivity index (χ3v) is 3.22. The van der Waals surface area contributed by atoms with Gasteiger partial charge in [-0.2, -0.15) is 11.8 Å². The molecule has 0 rings (SSSR count). The molecule has 0 aliphatic rings. The fraction of sp³-hybridized carbons (Fsp3) is 1.00. The summed E-state index contributed by atoms with van der Waals surface area (Å²) in [4.78, 5) is 0. The highest BCUT2D eigenvalue weighted by molar-refractivity contribution is 8.02. The summed E-state index contributed by atoms with van der Waals surface area (Å²) in [6.07, 6.45) is 4.83. The summed E-state index contributed by atoms with van der Waals surface area (Å²) in [5, 5.41) is 8.50. The van der Waals surface area contributed by atoms with E-state index in [0.717, 1.165) is 5.75 Å². The Kier molecular flexibility index (Phi) is 12.1. The van der Waals surface area contributed by atoms with Crippen LogP contribution in [0.2, 0.25) is 0 Å². The number of thioether (sulfide) groups is 2. The molecule has 1 atom stereocenters. The molecule has 14 heavy (non-hydrogen) atoms. The van der Waals surface area contributed by atoms with Crippen molar-refractivity contribution >= 4 is 23.5 Å². The van der Waals surface area contributed by atoms with Crippen molar-refractivity contribution in [2.45, 2.75) is 11.9 Å². The Bertz CT molecular complexity index is 114. The van der Waals surface area contributed by atoms with E-state index < -0.39 is 0 Å². The van der Waals surface area contributed by atoms with Crippen molar-refractivity contribution in [3.8, 4) is 0 Å². The van der Waals surface area contributed by atoms with Gasteiger partial charge in [-0.1, -0.05) is 0 Å². The zero-order chi connectivity index (χ0) is 10.6. The Morgan fingerprint density at radius 3 is 2.57 bits per heavy atom. The van der Waals surface area contributed by atoms with E-state index in [2.05, 4.69) is 6.26 Å². The molecule has 5 heteroatoms. The predicted octanol–water partition coefficient (Wildman–Crippen LogP) is 1.45. The Hall–Kier alpha value is 0.580. The Labute approximate surface area is 94.9 Å². The van der Waals surface area contributed by atoms with Crippen LogP contribution in [0.15, 0.2) is 0 Å². The van der Waals surface area contributed by atoms with Crippen LogP contribution in [-0.2, 0) is 9.47 Å². The van der Waals surface area contributed by atoms with Gasteiger partial charge in [0.2, 0.25) is 0 Å². The van der Waals surface area contributed by atoms with Gasteiger partial charge in [-0.25, -0.2) is 0 Å². The quantitative estimate of drug-likeness (QED) is 0.462. The van der Waals surface area contributed by atoms with Crippen molar-refractivity contribution in [1.82, 2.24) is 0 Å². The van der Waals surface area contributed by atoms with Crippen LogP contribution in [0, 0.1) is 0 Å². The molecule has 86 valence electrons. The smallest absolute Gasteiger partial charge is 0.112 e. The minimum Gasteiger partial charge on any atom is -0.396 e. The molecule has 0 aliphatic carbocycles. The van der Waals surface area contributed by atoms with E-state index in [1.54, 1.807) is 23.5 Å². The Morgan fingerprint density at radius 1 is 1.21 bits per heavy atom. The second-order valence-corrected chi connectivity index (χ2v) is 4.59. The van der Waals surface area contributed by atoms with Gasteiger partial charge >= 0.3 is 0 Å². The number of ether oxygens (including phenoxy) is 2. The molecule has 3 nitrogen and oxygen atoms in total. The zero-order valence-corrected chi connectivity index (χ0v) is 10.5. The van der Waals surface area contributed by atoms with Crippen LogP contribution in [0.1, 0.15) is 6.42 Å². The first kappa shape index (κ1) is 14.6. The minimum absolute atomic E-state index is 0.195. The highest BCUT2D eigenvalue weighted by Crippen LogP contribution is 2.12.